The Morgan fingerprint density at radius 2 is 2.23 bits per heavy atom. The molecule has 4 heteroatoms. The van der Waals surface area contributed by atoms with Crippen LogP contribution in [-0.4, -0.2) is 18.7 Å². The maximum absolute atomic E-state index is 13.6. The van der Waals surface area contributed by atoms with Crippen LogP contribution in [0.1, 0.15) is 26.7 Å². The van der Waals surface area contributed by atoms with Crippen LogP contribution < -0.4 is 5.73 Å². The molecule has 0 amide bonds. The van der Waals surface area contributed by atoms with Crippen molar-refractivity contribution in [3.8, 4) is 0 Å². The highest BCUT2D eigenvalue weighted by Crippen LogP contribution is 2.23. The van der Waals surface area contributed by atoms with Gasteiger partial charge in [-0.25, -0.2) is 9.18 Å². The van der Waals surface area contributed by atoms with Gasteiger partial charge >= 0.3 is 5.97 Å². The minimum absolute atomic E-state index is 0.0822. The Morgan fingerprint density at radius 3 is 2.62 bits per heavy atom. The molecule has 0 aromatic heterocycles. The maximum atomic E-state index is 13.6. The van der Waals surface area contributed by atoms with E-state index in [0.29, 0.717) is 12.8 Å². The summed E-state index contributed by atoms with van der Waals surface area (Å²) >= 11 is 0. The van der Waals surface area contributed by atoms with Gasteiger partial charge in [-0.15, -0.1) is 0 Å². The highest BCUT2D eigenvalue weighted by Gasteiger charge is 2.25. The van der Waals surface area contributed by atoms with E-state index in [4.69, 9.17) is 5.73 Å². The molecule has 0 saturated carbocycles. The number of hydrogen-bond acceptors (Lipinski definition) is 3. The molecule has 0 aromatic rings. The summed E-state index contributed by atoms with van der Waals surface area (Å²) in [5, 5.41) is 0. The van der Waals surface area contributed by atoms with Gasteiger partial charge in [-0.3, -0.25) is 0 Å². The normalized spacial score (nSPS) is 16.5. The molecular weight excluding hydrogens is 173 g/mol. The van der Waals surface area contributed by atoms with Crippen LogP contribution in [0.5, 0.6) is 0 Å². The first-order chi connectivity index (χ1) is 5.94. The lowest BCUT2D eigenvalue weighted by Crippen LogP contribution is -2.27. The highest BCUT2D eigenvalue weighted by atomic mass is 19.1. The average molecular weight is 189 g/mol. The standard InChI is InChI=1S/C9H16FNO2/c1-4-5-9(2,10)7(11)6-8(12)13-3/h6H,4-5,11H2,1-3H3. The van der Waals surface area contributed by atoms with Gasteiger partial charge in [0.2, 0.25) is 0 Å². The van der Waals surface area contributed by atoms with Crippen molar-refractivity contribution in [2.45, 2.75) is 32.4 Å². The number of hydrogen-bond donors (Lipinski definition) is 1. The molecule has 2 N–H and O–H groups in total. The van der Waals surface area contributed by atoms with Gasteiger partial charge in [0.05, 0.1) is 12.8 Å². The summed E-state index contributed by atoms with van der Waals surface area (Å²) in [6.07, 6.45) is 1.95. The zero-order valence-corrected chi connectivity index (χ0v) is 8.26. The minimum Gasteiger partial charge on any atom is -0.466 e. The first kappa shape index (κ1) is 11.9. The van der Waals surface area contributed by atoms with E-state index in [-0.39, 0.29) is 5.70 Å². The van der Waals surface area contributed by atoms with Gasteiger partial charge in [0.1, 0.15) is 5.67 Å². The predicted octanol–water partition coefficient (Wildman–Crippen LogP) is 1.53. The van der Waals surface area contributed by atoms with Crippen molar-refractivity contribution in [3.05, 3.63) is 11.8 Å². The third-order valence-corrected chi connectivity index (χ3v) is 1.80. The number of carbonyl (C=O) groups is 1. The molecule has 3 nitrogen and oxygen atoms in total. The Bertz CT molecular complexity index is 212. The quantitative estimate of drug-likeness (QED) is 0.539. The molecule has 0 spiro atoms. The van der Waals surface area contributed by atoms with Crippen molar-refractivity contribution < 1.29 is 13.9 Å². The number of rotatable bonds is 4. The van der Waals surface area contributed by atoms with Crippen molar-refractivity contribution in [1.29, 1.82) is 0 Å². The number of halogens is 1. The van der Waals surface area contributed by atoms with Crippen LogP contribution in [0.4, 0.5) is 4.39 Å². The summed E-state index contributed by atoms with van der Waals surface area (Å²) in [6.45, 7) is 3.20. The van der Waals surface area contributed by atoms with Crippen molar-refractivity contribution in [2.24, 2.45) is 5.73 Å². The number of esters is 1. The lowest BCUT2D eigenvalue weighted by atomic mass is 9.98. The summed E-state index contributed by atoms with van der Waals surface area (Å²) in [5.74, 6) is -0.627. The Balaban J connectivity index is 4.46. The molecule has 0 heterocycles. The predicted molar refractivity (Wildman–Crippen MR) is 48.7 cm³/mol. The molecule has 1 unspecified atom stereocenters. The molecule has 0 aliphatic rings. The van der Waals surface area contributed by atoms with E-state index in [2.05, 4.69) is 4.74 Å². The molecule has 0 radical (unpaired) electrons. The summed E-state index contributed by atoms with van der Waals surface area (Å²) in [5.41, 5.74) is 3.70. The number of ether oxygens (including phenoxy) is 1. The van der Waals surface area contributed by atoms with Gasteiger partial charge in [0.25, 0.3) is 0 Å². The third-order valence-electron chi connectivity index (χ3n) is 1.80. The number of methoxy groups -OCH3 is 1. The number of alkyl halides is 1. The average Bonchev–Trinajstić information content (AvgIpc) is 2.04. The zero-order chi connectivity index (χ0) is 10.5. The van der Waals surface area contributed by atoms with Gasteiger partial charge in [-0.2, -0.15) is 0 Å². The second-order valence-corrected chi connectivity index (χ2v) is 3.07. The molecule has 0 fully saturated rings. The van der Waals surface area contributed by atoms with Crippen molar-refractivity contribution in [3.63, 3.8) is 0 Å². The minimum atomic E-state index is -1.62. The lowest BCUT2D eigenvalue weighted by molar-refractivity contribution is -0.135. The van der Waals surface area contributed by atoms with E-state index in [9.17, 15) is 9.18 Å². The molecular formula is C9H16FNO2. The van der Waals surface area contributed by atoms with Crippen molar-refractivity contribution >= 4 is 5.97 Å². The first-order valence-corrected chi connectivity index (χ1v) is 4.18. The van der Waals surface area contributed by atoms with E-state index in [1.807, 2.05) is 6.92 Å². The fourth-order valence-electron chi connectivity index (χ4n) is 0.950. The maximum Gasteiger partial charge on any atom is 0.332 e. The van der Waals surface area contributed by atoms with Crippen LogP contribution >= 0.6 is 0 Å². The third kappa shape index (κ3) is 3.92. The second kappa shape index (κ2) is 4.84. The highest BCUT2D eigenvalue weighted by molar-refractivity contribution is 5.82. The van der Waals surface area contributed by atoms with Crippen LogP contribution in [0.15, 0.2) is 11.8 Å². The smallest absolute Gasteiger partial charge is 0.332 e. The van der Waals surface area contributed by atoms with E-state index in [0.717, 1.165) is 6.08 Å². The fourth-order valence-corrected chi connectivity index (χ4v) is 0.950. The Kier molecular flexibility index (Phi) is 4.45. The molecule has 0 aliphatic heterocycles. The van der Waals surface area contributed by atoms with E-state index >= 15 is 0 Å². The molecule has 0 saturated heterocycles. The lowest BCUT2D eigenvalue weighted by Gasteiger charge is -2.19. The summed E-state index contributed by atoms with van der Waals surface area (Å²) in [4.78, 5) is 10.7. The molecule has 0 aliphatic carbocycles. The molecule has 0 aromatic carbocycles. The Hall–Kier alpha value is -1.06. The van der Waals surface area contributed by atoms with Crippen LogP contribution in [-0.2, 0) is 9.53 Å². The molecule has 0 rings (SSSR count). The molecule has 1 atom stereocenters. The van der Waals surface area contributed by atoms with Gasteiger partial charge in [-0.05, 0) is 13.3 Å². The Labute approximate surface area is 77.7 Å². The van der Waals surface area contributed by atoms with Crippen molar-refractivity contribution in [1.82, 2.24) is 0 Å². The second-order valence-electron chi connectivity index (χ2n) is 3.07. The van der Waals surface area contributed by atoms with E-state index in [1.54, 1.807) is 0 Å². The van der Waals surface area contributed by atoms with Gasteiger partial charge in [0.15, 0.2) is 0 Å². The fraction of sp³-hybridized carbons (Fsp3) is 0.667. The summed E-state index contributed by atoms with van der Waals surface area (Å²) < 4.78 is 17.9. The summed E-state index contributed by atoms with van der Waals surface area (Å²) in [7, 11) is 1.22. The molecule has 13 heavy (non-hydrogen) atoms. The van der Waals surface area contributed by atoms with E-state index < -0.39 is 11.6 Å². The first-order valence-electron chi connectivity index (χ1n) is 4.18. The van der Waals surface area contributed by atoms with Crippen LogP contribution in [0.3, 0.4) is 0 Å². The van der Waals surface area contributed by atoms with Gasteiger partial charge in [0, 0.05) is 6.08 Å². The zero-order valence-electron chi connectivity index (χ0n) is 8.26. The van der Waals surface area contributed by atoms with Gasteiger partial charge < -0.3 is 10.5 Å². The van der Waals surface area contributed by atoms with Crippen LogP contribution in [0, 0.1) is 0 Å². The largest absolute Gasteiger partial charge is 0.466 e. The summed E-state index contributed by atoms with van der Waals surface area (Å²) in [6, 6.07) is 0. The monoisotopic (exact) mass is 189 g/mol. The topological polar surface area (TPSA) is 52.3 Å². The number of allylic oxidation sites excluding steroid dienone is 1. The van der Waals surface area contributed by atoms with Crippen LogP contribution in [0.2, 0.25) is 0 Å². The SMILES string of the molecule is CCCC(C)(F)C(N)=CC(=O)OC. The Morgan fingerprint density at radius 1 is 1.69 bits per heavy atom. The molecule has 76 valence electrons. The van der Waals surface area contributed by atoms with Gasteiger partial charge in [-0.1, -0.05) is 13.3 Å². The number of carbonyl (C=O) groups excluding carboxylic acids is 1. The van der Waals surface area contributed by atoms with E-state index in [1.165, 1.54) is 14.0 Å². The van der Waals surface area contributed by atoms with Crippen LogP contribution in [0.25, 0.3) is 0 Å². The molecule has 0 bridgehead atoms. The number of nitrogens with two attached hydrogens (primary N) is 1. The van der Waals surface area contributed by atoms with Crippen molar-refractivity contribution in [2.75, 3.05) is 7.11 Å².